The number of aliphatic hydroxyl groups is 1. The molecule has 1 amide bonds. The number of nitrogens with zero attached hydrogens (tertiary/aromatic N) is 1. The maximum atomic E-state index is 12.6. The molecule has 124 valence electrons. The van der Waals surface area contributed by atoms with Crippen LogP contribution < -0.4 is 4.74 Å². The maximum absolute atomic E-state index is 12.6. The summed E-state index contributed by atoms with van der Waals surface area (Å²) in [7, 11) is 1.58. The third-order valence-electron chi connectivity index (χ3n) is 3.94. The quantitative estimate of drug-likeness (QED) is 0.515. The summed E-state index contributed by atoms with van der Waals surface area (Å²) in [6.45, 7) is 5.71. The second kappa shape index (κ2) is 6.86. The summed E-state index contributed by atoms with van der Waals surface area (Å²) in [5.74, 6) is 0.0786. The third kappa shape index (κ3) is 3.55. The Balaban J connectivity index is 2.34. The zero-order valence-corrected chi connectivity index (χ0v) is 14.0. The monoisotopic (exact) mass is 317 g/mol. The van der Waals surface area contributed by atoms with E-state index in [2.05, 4.69) is 0 Å². The van der Waals surface area contributed by atoms with Crippen LogP contribution in [-0.4, -0.2) is 34.8 Å². The summed E-state index contributed by atoms with van der Waals surface area (Å²) in [5, 5.41) is 9.70. The van der Waals surface area contributed by atoms with Gasteiger partial charge in [0.15, 0.2) is 5.78 Å². The van der Waals surface area contributed by atoms with Crippen molar-refractivity contribution in [3.63, 3.8) is 0 Å². The smallest absolute Gasteiger partial charge is 0.261 e. The van der Waals surface area contributed by atoms with Gasteiger partial charge in [0.2, 0.25) is 0 Å². The lowest BCUT2D eigenvalue weighted by Crippen LogP contribution is -2.36. The summed E-state index contributed by atoms with van der Waals surface area (Å²) < 4.78 is 5.20. The summed E-state index contributed by atoms with van der Waals surface area (Å²) in [4.78, 5) is 26.6. The fourth-order valence-corrected chi connectivity index (χ4v) is 2.86. The highest BCUT2D eigenvalue weighted by molar-refractivity contribution is 6.26. The number of hydrogen-bond donors (Lipinski definition) is 1. The van der Waals surface area contributed by atoms with Crippen LogP contribution in [0.3, 0.4) is 0 Å². The number of allylic oxidation sites excluding steroid dienone is 1. The number of ether oxygens (including phenoxy) is 1. The van der Waals surface area contributed by atoms with Crippen LogP contribution in [0.1, 0.15) is 32.8 Å². The standard InChI is InChI=1S/C18H23NO4/c1-11(2)8-15-17(21)16(12(3)20)18(22)19(15)10-13-6-5-7-14(9-13)23-4/h5-7,9,11,15,20H,8,10H2,1-4H3/b16-12-. The molecule has 0 aromatic heterocycles. The number of hydrogen-bond acceptors (Lipinski definition) is 4. The van der Waals surface area contributed by atoms with Crippen molar-refractivity contribution in [1.29, 1.82) is 0 Å². The SMILES string of the molecule is COc1cccc(CN2C(=O)/C(=C(/C)O)C(=O)C2CC(C)C)c1. The molecule has 1 atom stereocenters. The van der Waals surface area contributed by atoms with Crippen molar-refractivity contribution in [3.8, 4) is 5.75 Å². The van der Waals surface area contributed by atoms with Crippen molar-refractivity contribution in [1.82, 2.24) is 4.90 Å². The predicted octanol–water partition coefficient (Wildman–Crippen LogP) is 2.85. The lowest BCUT2D eigenvalue weighted by molar-refractivity contribution is -0.128. The summed E-state index contributed by atoms with van der Waals surface area (Å²) in [6.07, 6.45) is 0.575. The van der Waals surface area contributed by atoms with E-state index in [0.29, 0.717) is 18.7 Å². The van der Waals surface area contributed by atoms with Crippen LogP contribution in [0.4, 0.5) is 0 Å². The van der Waals surface area contributed by atoms with Gasteiger partial charge in [-0.1, -0.05) is 26.0 Å². The molecule has 1 fully saturated rings. The molecule has 1 heterocycles. The minimum atomic E-state index is -0.522. The first-order valence-corrected chi connectivity index (χ1v) is 7.73. The second-order valence-corrected chi connectivity index (χ2v) is 6.25. The van der Waals surface area contributed by atoms with Gasteiger partial charge in [-0.3, -0.25) is 9.59 Å². The molecule has 0 radical (unpaired) electrons. The zero-order chi connectivity index (χ0) is 17.1. The number of aliphatic hydroxyl groups excluding tert-OH is 1. The van der Waals surface area contributed by atoms with Crippen LogP contribution in [0.5, 0.6) is 5.75 Å². The van der Waals surface area contributed by atoms with Crippen LogP contribution >= 0.6 is 0 Å². The van der Waals surface area contributed by atoms with E-state index in [9.17, 15) is 14.7 Å². The highest BCUT2D eigenvalue weighted by Gasteiger charge is 2.44. The van der Waals surface area contributed by atoms with Crippen LogP contribution in [-0.2, 0) is 16.1 Å². The topological polar surface area (TPSA) is 66.8 Å². The average Bonchev–Trinajstić information content (AvgIpc) is 2.71. The molecule has 1 N–H and O–H groups in total. The van der Waals surface area contributed by atoms with Crippen molar-refractivity contribution < 1.29 is 19.4 Å². The molecule has 1 saturated heterocycles. The molecule has 1 aromatic carbocycles. The van der Waals surface area contributed by atoms with Gasteiger partial charge in [0, 0.05) is 6.54 Å². The third-order valence-corrected chi connectivity index (χ3v) is 3.94. The molecule has 0 saturated carbocycles. The first kappa shape index (κ1) is 17.1. The number of carbonyl (C=O) groups is 2. The second-order valence-electron chi connectivity index (χ2n) is 6.25. The fraction of sp³-hybridized carbons (Fsp3) is 0.444. The van der Waals surface area contributed by atoms with E-state index in [1.54, 1.807) is 12.0 Å². The van der Waals surface area contributed by atoms with Gasteiger partial charge in [-0.05, 0) is 37.0 Å². The van der Waals surface area contributed by atoms with Gasteiger partial charge in [0.25, 0.3) is 5.91 Å². The van der Waals surface area contributed by atoms with E-state index in [0.717, 1.165) is 5.56 Å². The Bertz CT molecular complexity index is 644. The largest absolute Gasteiger partial charge is 0.512 e. The summed E-state index contributed by atoms with van der Waals surface area (Å²) in [5.41, 5.74) is 0.801. The van der Waals surface area contributed by atoms with Gasteiger partial charge < -0.3 is 14.7 Å². The van der Waals surface area contributed by atoms with Crippen molar-refractivity contribution >= 4 is 11.7 Å². The van der Waals surface area contributed by atoms with Crippen LogP contribution in [0.2, 0.25) is 0 Å². The first-order valence-electron chi connectivity index (χ1n) is 7.73. The van der Waals surface area contributed by atoms with Gasteiger partial charge >= 0.3 is 0 Å². The number of benzene rings is 1. The van der Waals surface area contributed by atoms with E-state index < -0.39 is 11.9 Å². The number of likely N-dealkylation sites (tertiary alicyclic amines) is 1. The molecular weight excluding hydrogens is 294 g/mol. The Labute approximate surface area is 136 Å². The molecule has 5 heteroatoms. The molecule has 1 aliphatic rings. The highest BCUT2D eigenvalue weighted by Crippen LogP contribution is 2.29. The molecule has 0 aliphatic carbocycles. The molecule has 5 nitrogen and oxygen atoms in total. The summed E-state index contributed by atoms with van der Waals surface area (Å²) >= 11 is 0. The van der Waals surface area contributed by atoms with Crippen molar-refractivity contribution in [2.45, 2.75) is 39.8 Å². The Hall–Kier alpha value is -2.30. The van der Waals surface area contributed by atoms with Gasteiger partial charge in [-0.15, -0.1) is 0 Å². The van der Waals surface area contributed by atoms with E-state index >= 15 is 0 Å². The predicted molar refractivity (Wildman–Crippen MR) is 87.1 cm³/mol. The molecule has 1 aromatic rings. The number of Topliss-reactive ketones (excluding diaryl/α,β-unsaturated/α-hetero) is 1. The van der Waals surface area contributed by atoms with Crippen molar-refractivity contribution in [3.05, 3.63) is 41.2 Å². The lowest BCUT2D eigenvalue weighted by atomic mass is 9.99. The van der Waals surface area contributed by atoms with Crippen LogP contribution in [0.15, 0.2) is 35.6 Å². The van der Waals surface area contributed by atoms with E-state index in [4.69, 9.17) is 4.74 Å². The average molecular weight is 317 g/mol. The molecule has 1 aliphatic heterocycles. The number of carbonyl (C=O) groups excluding carboxylic acids is 2. The number of amides is 1. The van der Waals surface area contributed by atoms with Gasteiger partial charge in [0.05, 0.1) is 13.2 Å². The lowest BCUT2D eigenvalue weighted by Gasteiger charge is -2.24. The Morgan fingerprint density at radius 1 is 1.35 bits per heavy atom. The normalized spacial score (nSPS) is 20.4. The Kier molecular flexibility index (Phi) is 5.08. The molecule has 23 heavy (non-hydrogen) atoms. The first-order chi connectivity index (χ1) is 10.8. The molecule has 0 bridgehead atoms. The highest BCUT2D eigenvalue weighted by atomic mass is 16.5. The number of methoxy groups -OCH3 is 1. The maximum Gasteiger partial charge on any atom is 0.261 e. The minimum Gasteiger partial charge on any atom is -0.512 e. The van der Waals surface area contributed by atoms with Crippen LogP contribution in [0.25, 0.3) is 0 Å². The van der Waals surface area contributed by atoms with Gasteiger partial charge in [-0.25, -0.2) is 0 Å². The zero-order valence-electron chi connectivity index (χ0n) is 14.0. The van der Waals surface area contributed by atoms with E-state index in [1.807, 2.05) is 38.1 Å². The van der Waals surface area contributed by atoms with E-state index in [-0.39, 0.29) is 23.0 Å². The van der Waals surface area contributed by atoms with Crippen molar-refractivity contribution in [2.75, 3.05) is 7.11 Å². The van der Waals surface area contributed by atoms with Crippen molar-refractivity contribution in [2.24, 2.45) is 5.92 Å². The van der Waals surface area contributed by atoms with Crippen LogP contribution in [0, 0.1) is 5.92 Å². The van der Waals surface area contributed by atoms with E-state index in [1.165, 1.54) is 6.92 Å². The molecule has 1 unspecified atom stereocenters. The van der Waals surface area contributed by atoms with Gasteiger partial charge in [-0.2, -0.15) is 0 Å². The van der Waals surface area contributed by atoms with Gasteiger partial charge in [0.1, 0.15) is 17.1 Å². The fourth-order valence-electron chi connectivity index (χ4n) is 2.86. The number of ketones is 1. The molecular formula is C18H23NO4. The Morgan fingerprint density at radius 2 is 2.04 bits per heavy atom. The minimum absolute atomic E-state index is 0.0847. The number of rotatable bonds is 5. The molecule has 2 rings (SSSR count). The Morgan fingerprint density at radius 3 is 2.61 bits per heavy atom. The summed E-state index contributed by atoms with van der Waals surface area (Å²) in [6, 6.07) is 6.89. The molecule has 0 spiro atoms.